The molecule has 6 heteroatoms. The fourth-order valence-corrected chi connectivity index (χ4v) is 3.41. The zero-order chi connectivity index (χ0) is 18.1. The highest BCUT2D eigenvalue weighted by Crippen LogP contribution is 2.24. The number of benzene rings is 2. The molecular weight excluding hydrogens is 350 g/mol. The van der Waals surface area contributed by atoms with Gasteiger partial charge in [-0.3, -0.25) is 9.69 Å². The molecule has 0 aliphatic carbocycles. The average Bonchev–Trinajstić information content (AvgIpc) is 2.64. The van der Waals surface area contributed by atoms with E-state index < -0.39 is 0 Å². The molecule has 0 amide bonds. The van der Waals surface area contributed by atoms with Crippen molar-refractivity contribution in [3.05, 3.63) is 75.3 Å². The van der Waals surface area contributed by atoms with Crippen LogP contribution in [0, 0.1) is 0 Å². The molecule has 4 rings (SSSR count). The minimum Gasteiger partial charge on any atom is -0.508 e. The summed E-state index contributed by atoms with van der Waals surface area (Å²) >= 11 is 5.95. The molecule has 1 aliphatic rings. The third-order valence-corrected chi connectivity index (χ3v) is 4.86. The van der Waals surface area contributed by atoms with Crippen LogP contribution in [0.2, 0.25) is 5.02 Å². The number of rotatable bonds is 3. The van der Waals surface area contributed by atoms with Gasteiger partial charge in [0.15, 0.2) is 0 Å². The Morgan fingerprint density at radius 3 is 2.73 bits per heavy atom. The first-order chi connectivity index (χ1) is 12.6. The summed E-state index contributed by atoms with van der Waals surface area (Å²) in [4.78, 5) is 21.9. The number of aromatic hydroxyl groups is 1. The number of aromatic amines is 1. The smallest absolute Gasteiger partial charge is 0.258 e. The minimum atomic E-state index is -0.162. The van der Waals surface area contributed by atoms with Crippen LogP contribution in [-0.2, 0) is 6.54 Å². The standard InChI is InChI=1S/C20H18ClN3O2/c21-15-3-6-18-17(11-15)20(26)23-19(22-18)12-24-9-7-14(8-10-24)13-1-4-16(25)5-2-13/h1-7,11,25H,8-10,12H2,(H,22,23,26). The van der Waals surface area contributed by atoms with Crippen LogP contribution in [0.5, 0.6) is 5.75 Å². The SMILES string of the molecule is O=c1[nH]c(CN2CC=C(c3ccc(O)cc3)CC2)nc2ccc(Cl)cc12. The predicted molar refractivity (Wildman–Crippen MR) is 103 cm³/mol. The molecule has 1 aliphatic heterocycles. The van der Waals surface area contributed by atoms with Crippen molar-refractivity contribution in [3.8, 4) is 5.75 Å². The highest BCUT2D eigenvalue weighted by molar-refractivity contribution is 6.31. The van der Waals surface area contributed by atoms with E-state index >= 15 is 0 Å². The second-order valence-corrected chi connectivity index (χ2v) is 6.87. The molecule has 0 unspecified atom stereocenters. The van der Waals surface area contributed by atoms with Crippen molar-refractivity contribution in [2.24, 2.45) is 0 Å². The molecule has 132 valence electrons. The zero-order valence-electron chi connectivity index (χ0n) is 14.1. The van der Waals surface area contributed by atoms with E-state index in [1.54, 1.807) is 30.3 Å². The van der Waals surface area contributed by atoms with Gasteiger partial charge in [0.05, 0.1) is 17.4 Å². The van der Waals surface area contributed by atoms with Crippen LogP contribution in [-0.4, -0.2) is 33.1 Å². The number of aromatic nitrogens is 2. The van der Waals surface area contributed by atoms with Crippen LogP contribution in [0.3, 0.4) is 0 Å². The molecule has 2 N–H and O–H groups in total. The Labute approximate surface area is 155 Å². The Kier molecular flexibility index (Phi) is 4.49. The average molecular weight is 368 g/mol. The number of phenolic OH excluding ortho intramolecular Hbond substituents is 1. The van der Waals surface area contributed by atoms with Crippen molar-refractivity contribution < 1.29 is 5.11 Å². The lowest BCUT2D eigenvalue weighted by atomic mass is 9.99. The first kappa shape index (κ1) is 16.8. The molecule has 0 radical (unpaired) electrons. The van der Waals surface area contributed by atoms with E-state index in [4.69, 9.17) is 11.6 Å². The van der Waals surface area contributed by atoms with Crippen LogP contribution in [0.1, 0.15) is 17.8 Å². The van der Waals surface area contributed by atoms with Crippen molar-refractivity contribution in [3.63, 3.8) is 0 Å². The summed E-state index contributed by atoms with van der Waals surface area (Å²) in [6, 6.07) is 12.4. The Morgan fingerprint density at radius 1 is 1.19 bits per heavy atom. The van der Waals surface area contributed by atoms with Crippen molar-refractivity contribution in [1.29, 1.82) is 0 Å². The van der Waals surface area contributed by atoms with E-state index in [-0.39, 0.29) is 11.3 Å². The van der Waals surface area contributed by atoms with Gasteiger partial charge >= 0.3 is 0 Å². The maximum atomic E-state index is 12.3. The number of hydrogen-bond donors (Lipinski definition) is 2. The molecule has 2 heterocycles. The fourth-order valence-electron chi connectivity index (χ4n) is 3.24. The number of H-pyrrole nitrogens is 1. The normalized spacial score (nSPS) is 15.2. The van der Waals surface area contributed by atoms with Crippen LogP contribution < -0.4 is 5.56 Å². The maximum Gasteiger partial charge on any atom is 0.258 e. The Bertz CT molecular complexity index is 1040. The van der Waals surface area contributed by atoms with Crippen LogP contribution in [0.15, 0.2) is 53.3 Å². The first-order valence-electron chi connectivity index (χ1n) is 8.48. The summed E-state index contributed by atoms with van der Waals surface area (Å²) in [6.07, 6.45) is 3.10. The second kappa shape index (κ2) is 6.94. The lowest BCUT2D eigenvalue weighted by Gasteiger charge is -2.26. The molecule has 0 spiro atoms. The fraction of sp³-hybridized carbons (Fsp3) is 0.200. The molecule has 26 heavy (non-hydrogen) atoms. The van der Waals surface area contributed by atoms with Crippen LogP contribution in [0.4, 0.5) is 0 Å². The molecule has 0 atom stereocenters. The van der Waals surface area contributed by atoms with Gasteiger partial charge in [-0.2, -0.15) is 0 Å². The van der Waals surface area contributed by atoms with E-state index in [0.717, 1.165) is 25.1 Å². The summed E-state index contributed by atoms with van der Waals surface area (Å²) in [5.41, 5.74) is 2.91. The molecule has 0 fully saturated rings. The summed E-state index contributed by atoms with van der Waals surface area (Å²) in [7, 11) is 0. The Morgan fingerprint density at radius 2 is 2.00 bits per heavy atom. The number of fused-ring (bicyclic) bond motifs is 1. The minimum absolute atomic E-state index is 0.162. The maximum absolute atomic E-state index is 12.3. The summed E-state index contributed by atoms with van der Waals surface area (Å²) in [5.74, 6) is 0.936. The van der Waals surface area contributed by atoms with Gasteiger partial charge in [-0.1, -0.05) is 29.8 Å². The van der Waals surface area contributed by atoms with Gasteiger partial charge in [0.1, 0.15) is 11.6 Å². The quantitative estimate of drug-likeness (QED) is 0.742. The molecule has 0 bridgehead atoms. The van der Waals surface area contributed by atoms with Crippen molar-refractivity contribution in [1.82, 2.24) is 14.9 Å². The molecule has 5 nitrogen and oxygen atoms in total. The number of nitrogens with one attached hydrogen (secondary N) is 1. The number of hydrogen-bond acceptors (Lipinski definition) is 4. The topological polar surface area (TPSA) is 69.2 Å². The van der Waals surface area contributed by atoms with E-state index in [1.165, 1.54) is 5.57 Å². The molecule has 0 saturated heterocycles. The van der Waals surface area contributed by atoms with E-state index in [2.05, 4.69) is 20.9 Å². The van der Waals surface area contributed by atoms with Crippen molar-refractivity contribution in [2.45, 2.75) is 13.0 Å². The Hall–Kier alpha value is -2.63. The van der Waals surface area contributed by atoms with Crippen LogP contribution in [0.25, 0.3) is 16.5 Å². The van der Waals surface area contributed by atoms with E-state index in [1.807, 2.05) is 12.1 Å². The predicted octanol–water partition coefficient (Wildman–Crippen LogP) is 3.57. The molecule has 0 saturated carbocycles. The van der Waals surface area contributed by atoms with Gasteiger partial charge in [0.2, 0.25) is 0 Å². The zero-order valence-corrected chi connectivity index (χ0v) is 14.8. The third kappa shape index (κ3) is 3.49. The lowest BCUT2D eigenvalue weighted by Crippen LogP contribution is -2.29. The van der Waals surface area contributed by atoms with Gasteiger partial charge in [-0.15, -0.1) is 0 Å². The van der Waals surface area contributed by atoms with Crippen molar-refractivity contribution >= 4 is 28.1 Å². The first-order valence-corrected chi connectivity index (χ1v) is 8.85. The summed E-state index contributed by atoms with van der Waals surface area (Å²) in [5, 5.41) is 10.4. The summed E-state index contributed by atoms with van der Waals surface area (Å²) in [6.45, 7) is 2.26. The number of halogens is 1. The van der Waals surface area contributed by atoms with Gasteiger partial charge < -0.3 is 10.1 Å². The monoisotopic (exact) mass is 367 g/mol. The number of phenols is 1. The van der Waals surface area contributed by atoms with Crippen molar-refractivity contribution in [2.75, 3.05) is 13.1 Å². The van der Waals surface area contributed by atoms with E-state index in [9.17, 15) is 9.90 Å². The third-order valence-electron chi connectivity index (χ3n) is 4.62. The highest BCUT2D eigenvalue weighted by atomic mass is 35.5. The largest absolute Gasteiger partial charge is 0.508 e. The molecule has 3 aromatic rings. The Balaban J connectivity index is 1.50. The van der Waals surface area contributed by atoms with Gasteiger partial charge in [-0.25, -0.2) is 4.98 Å². The summed E-state index contributed by atoms with van der Waals surface area (Å²) < 4.78 is 0. The van der Waals surface area contributed by atoms with Gasteiger partial charge in [0, 0.05) is 18.1 Å². The molecule has 1 aromatic heterocycles. The lowest BCUT2D eigenvalue weighted by molar-refractivity contribution is 0.286. The van der Waals surface area contributed by atoms with E-state index in [0.29, 0.717) is 28.3 Å². The molecular formula is C20H18ClN3O2. The van der Waals surface area contributed by atoms with Gasteiger partial charge in [0.25, 0.3) is 5.56 Å². The second-order valence-electron chi connectivity index (χ2n) is 6.44. The van der Waals surface area contributed by atoms with Gasteiger partial charge in [-0.05, 0) is 47.9 Å². The number of nitrogens with zero attached hydrogens (tertiary/aromatic N) is 2. The van der Waals surface area contributed by atoms with Crippen LogP contribution >= 0.6 is 11.6 Å². The highest BCUT2D eigenvalue weighted by Gasteiger charge is 2.15. The molecule has 2 aromatic carbocycles.